The maximum atomic E-state index is 12.0. The number of rotatable bonds is 3. The average Bonchev–Trinajstić information content (AvgIpc) is 2.84. The summed E-state index contributed by atoms with van der Waals surface area (Å²) in [7, 11) is 1.58. The van der Waals surface area contributed by atoms with Crippen LogP contribution in [0.15, 0.2) is 24.3 Å². The van der Waals surface area contributed by atoms with Crippen molar-refractivity contribution in [3.63, 3.8) is 0 Å². The van der Waals surface area contributed by atoms with Gasteiger partial charge in [0.05, 0.1) is 17.1 Å². The van der Waals surface area contributed by atoms with E-state index in [2.05, 4.69) is 10.6 Å². The molecule has 0 spiro atoms. The van der Waals surface area contributed by atoms with Crippen LogP contribution in [0.5, 0.6) is 0 Å². The maximum Gasteiger partial charge on any atom is 0.321 e. The number of nitrogens with one attached hydrogen (secondary N) is 2. The number of nitrogens with zero attached hydrogens (tertiary/aromatic N) is 2. The molecule has 1 saturated heterocycles. The Hall–Kier alpha value is -2.19. The van der Waals surface area contributed by atoms with Crippen LogP contribution in [0.1, 0.15) is 0 Å². The number of likely N-dealkylation sites (N-methyl/N-ethyl adjacent to an activating group) is 1. The van der Waals surface area contributed by atoms with E-state index in [-0.39, 0.29) is 11.7 Å². The SMILES string of the molecule is CN(C(=O)Nc1cccc([N+](=O)[O-])c1)[C@H]1CNC[C@@H]1O. The predicted octanol–water partition coefficient (Wildman–Crippen LogP) is 0.391. The minimum atomic E-state index is -0.615. The first-order valence-electron chi connectivity index (χ1n) is 6.16. The third kappa shape index (κ3) is 3.03. The molecule has 2 atom stereocenters. The minimum absolute atomic E-state index is 0.0898. The van der Waals surface area contributed by atoms with E-state index in [4.69, 9.17) is 0 Å². The number of benzene rings is 1. The van der Waals surface area contributed by atoms with Crippen molar-refractivity contribution in [3.05, 3.63) is 34.4 Å². The second kappa shape index (κ2) is 5.85. The van der Waals surface area contributed by atoms with Gasteiger partial charge in [-0.2, -0.15) is 0 Å². The van der Waals surface area contributed by atoms with Crippen LogP contribution in [0, 0.1) is 10.1 Å². The van der Waals surface area contributed by atoms with Gasteiger partial charge in [-0.25, -0.2) is 4.79 Å². The van der Waals surface area contributed by atoms with Gasteiger partial charge in [-0.15, -0.1) is 0 Å². The third-order valence-electron chi connectivity index (χ3n) is 3.28. The molecular weight excluding hydrogens is 264 g/mol. The van der Waals surface area contributed by atoms with Crippen LogP contribution in [-0.2, 0) is 0 Å². The molecule has 1 aliphatic rings. The number of carbonyl (C=O) groups excluding carboxylic acids is 1. The summed E-state index contributed by atoms with van der Waals surface area (Å²) < 4.78 is 0. The normalized spacial score (nSPS) is 21.5. The second-order valence-electron chi connectivity index (χ2n) is 4.64. The highest BCUT2D eigenvalue weighted by molar-refractivity contribution is 5.89. The zero-order valence-corrected chi connectivity index (χ0v) is 10.9. The molecule has 1 aromatic rings. The Labute approximate surface area is 115 Å². The van der Waals surface area contributed by atoms with E-state index in [0.717, 1.165) is 0 Å². The highest BCUT2D eigenvalue weighted by atomic mass is 16.6. The first-order valence-corrected chi connectivity index (χ1v) is 6.16. The average molecular weight is 280 g/mol. The molecule has 0 unspecified atom stereocenters. The lowest BCUT2D eigenvalue weighted by molar-refractivity contribution is -0.384. The summed E-state index contributed by atoms with van der Waals surface area (Å²) in [5, 5.41) is 25.9. The van der Waals surface area contributed by atoms with Gasteiger partial charge < -0.3 is 20.6 Å². The monoisotopic (exact) mass is 280 g/mol. The number of non-ortho nitro benzene ring substituents is 1. The van der Waals surface area contributed by atoms with Crippen LogP contribution in [-0.4, -0.2) is 53.2 Å². The van der Waals surface area contributed by atoms with Crippen LogP contribution in [0.25, 0.3) is 0 Å². The zero-order chi connectivity index (χ0) is 14.7. The molecule has 1 heterocycles. The van der Waals surface area contributed by atoms with Crippen LogP contribution in [0.3, 0.4) is 0 Å². The van der Waals surface area contributed by atoms with Gasteiger partial charge in [-0.3, -0.25) is 10.1 Å². The number of hydrogen-bond donors (Lipinski definition) is 3. The van der Waals surface area contributed by atoms with E-state index in [0.29, 0.717) is 18.8 Å². The molecular formula is C12H16N4O4. The second-order valence-corrected chi connectivity index (χ2v) is 4.64. The van der Waals surface area contributed by atoms with Crippen molar-refractivity contribution in [2.24, 2.45) is 0 Å². The fraction of sp³-hybridized carbons (Fsp3) is 0.417. The van der Waals surface area contributed by atoms with Crippen molar-refractivity contribution < 1.29 is 14.8 Å². The molecule has 1 aliphatic heterocycles. The smallest absolute Gasteiger partial charge is 0.321 e. The molecule has 1 fully saturated rings. The molecule has 0 bridgehead atoms. The minimum Gasteiger partial charge on any atom is -0.390 e. The molecule has 2 amide bonds. The first-order chi connectivity index (χ1) is 9.49. The van der Waals surface area contributed by atoms with Gasteiger partial charge in [0, 0.05) is 38.0 Å². The summed E-state index contributed by atoms with van der Waals surface area (Å²) in [6.45, 7) is 0.957. The van der Waals surface area contributed by atoms with Crippen LogP contribution in [0.4, 0.5) is 16.2 Å². The molecule has 1 aromatic carbocycles. The largest absolute Gasteiger partial charge is 0.390 e. The van der Waals surface area contributed by atoms with E-state index < -0.39 is 17.1 Å². The number of aliphatic hydroxyl groups is 1. The number of nitro groups is 1. The van der Waals surface area contributed by atoms with Crippen molar-refractivity contribution in [1.29, 1.82) is 0 Å². The summed E-state index contributed by atoms with van der Waals surface area (Å²) in [6.07, 6.45) is -0.615. The van der Waals surface area contributed by atoms with Gasteiger partial charge >= 0.3 is 6.03 Å². The van der Waals surface area contributed by atoms with Gasteiger partial charge in [0.15, 0.2) is 0 Å². The van der Waals surface area contributed by atoms with Crippen molar-refractivity contribution in [2.45, 2.75) is 12.1 Å². The predicted molar refractivity (Wildman–Crippen MR) is 72.5 cm³/mol. The zero-order valence-electron chi connectivity index (χ0n) is 10.9. The summed E-state index contributed by atoms with van der Waals surface area (Å²) in [4.78, 5) is 23.6. The number of urea groups is 1. The Morgan fingerprint density at radius 3 is 2.90 bits per heavy atom. The lowest BCUT2D eigenvalue weighted by Crippen LogP contribution is -2.46. The van der Waals surface area contributed by atoms with Crippen LogP contribution >= 0.6 is 0 Å². The molecule has 20 heavy (non-hydrogen) atoms. The number of hydrogen-bond acceptors (Lipinski definition) is 5. The highest BCUT2D eigenvalue weighted by Gasteiger charge is 2.31. The molecule has 0 aliphatic carbocycles. The summed E-state index contributed by atoms with van der Waals surface area (Å²) in [5.41, 5.74) is 0.254. The third-order valence-corrected chi connectivity index (χ3v) is 3.28. The van der Waals surface area contributed by atoms with Crippen molar-refractivity contribution in [1.82, 2.24) is 10.2 Å². The Morgan fingerprint density at radius 1 is 1.55 bits per heavy atom. The van der Waals surface area contributed by atoms with Gasteiger partial charge in [0.2, 0.25) is 0 Å². The summed E-state index contributed by atoms with van der Waals surface area (Å²) in [6, 6.07) is 4.98. The Kier molecular flexibility index (Phi) is 4.16. The number of carbonyl (C=O) groups is 1. The number of β-amino-alcohol motifs (C(OH)–C–C–N with tert-alkyl or cyclic N) is 1. The molecule has 3 N–H and O–H groups in total. The fourth-order valence-electron chi connectivity index (χ4n) is 2.11. The Bertz CT molecular complexity index is 522. The van der Waals surface area contributed by atoms with E-state index in [9.17, 15) is 20.0 Å². The molecule has 108 valence electrons. The lowest BCUT2D eigenvalue weighted by Gasteiger charge is -2.26. The topological polar surface area (TPSA) is 108 Å². The van der Waals surface area contributed by atoms with Crippen molar-refractivity contribution in [2.75, 3.05) is 25.5 Å². The van der Waals surface area contributed by atoms with E-state index >= 15 is 0 Å². The van der Waals surface area contributed by atoms with E-state index in [1.165, 1.54) is 23.1 Å². The number of aliphatic hydroxyl groups excluding tert-OH is 1. The quantitative estimate of drug-likeness (QED) is 0.548. The van der Waals surface area contributed by atoms with Crippen molar-refractivity contribution >= 4 is 17.4 Å². The van der Waals surface area contributed by atoms with Gasteiger partial charge in [0.25, 0.3) is 5.69 Å². The van der Waals surface area contributed by atoms with E-state index in [1.807, 2.05) is 0 Å². The Morgan fingerprint density at radius 2 is 2.30 bits per heavy atom. The molecule has 0 aromatic heterocycles. The fourth-order valence-corrected chi connectivity index (χ4v) is 2.11. The standard InChI is InChI=1S/C12H16N4O4/c1-15(10-6-13-7-11(10)17)12(18)14-8-3-2-4-9(5-8)16(19)20/h2-5,10-11,13,17H,6-7H2,1H3,(H,14,18)/t10-,11-/m0/s1. The van der Waals surface area contributed by atoms with Crippen LogP contribution < -0.4 is 10.6 Å². The summed E-state index contributed by atoms with van der Waals surface area (Å²) in [5.74, 6) is 0. The van der Waals surface area contributed by atoms with Crippen molar-refractivity contribution in [3.8, 4) is 0 Å². The molecule has 8 heteroatoms. The molecule has 0 radical (unpaired) electrons. The molecule has 8 nitrogen and oxygen atoms in total. The Balaban J connectivity index is 2.04. The van der Waals surface area contributed by atoms with Gasteiger partial charge in [0.1, 0.15) is 0 Å². The first kappa shape index (κ1) is 14.2. The number of amides is 2. The number of nitro benzene ring substituents is 1. The molecule has 0 saturated carbocycles. The van der Waals surface area contributed by atoms with Crippen LogP contribution in [0.2, 0.25) is 0 Å². The lowest BCUT2D eigenvalue weighted by atomic mass is 10.2. The van der Waals surface area contributed by atoms with E-state index in [1.54, 1.807) is 13.1 Å². The maximum absolute atomic E-state index is 12.0. The highest BCUT2D eigenvalue weighted by Crippen LogP contribution is 2.18. The van der Waals surface area contributed by atoms with Gasteiger partial charge in [-0.05, 0) is 6.07 Å². The summed E-state index contributed by atoms with van der Waals surface area (Å²) >= 11 is 0. The van der Waals surface area contributed by atoms with Gasteiger partial charge in [-0.1, -0.05) is 6.07 Å². The number of anilines is 1. The molecule has 2 rings (SSSR count).